The highest BCUT2D eigenvalue weighted by molar-refractivity contribution is 4.83. The van der Waals surface area contributed by atoms with Crippen LogP contribution in [0.1, 0.15) is 39.5 Å². The van der Waals surface area contributed by atoms with Crippen LogP contribution in [0, 0.1) is 5.92 Å². The summed E-state index contributed by atoms with van der Waals surface area (Å²) >= 11 is 0. The van der Waals surface area contributed by atoms with E-state index >= 15 is 0 Å². The molecule has 3 N–H and O–H groups in total. The quantitative estimate of drug-likeness (QED) is 0.643. The highest BCUT2D eigenvalue weighted by atomic mass is 16.5. The fraction of sp³-hybridized carbons (Fsp3) is 1.00. The fourth-order valence-electron chi connectivity index (χ4n) is 2.73. The van der Waals surface area contributed by atoms with Gasteiger partial charge in [0, 0.05) is 25.7 Å². The lowest BCUT2D eigenvalue weighted by Crippen LogP contribution is -2.51. The van der Waals surface area contributed by atoms with Gasteiger partial charge >= 0.3 is 0 Å². The van der Waals surface area contributed by atoms with Crippen LogP contribution in [0.15, 0.2) is 0 Å². The highest BCUT2D eigenvalue weighted by Gasteiger charge is 2.28. The number of β-amino-alcohol motifs (C(OH)–C–C–N with tert-alkyl or cyclic N) is 1. The average Bonchev–Trinajstić information content (AvgIpc) is 2.35. The summed E-state index contributed by atoms with van der Waals surface area (Å²) in [6.07, 6.45) is 4.28. The monoisotopic (exact) mass is 258 g/mol. The fourth-order valence-corrected chi connectivity index (χ4v) is 2.73. The third-order valence-corrected chi connectivity index (χ3v) is 3.87. The van der Waals surface area contributed by atoms with Crippen molar-refractivity contribution < 1.29 is 9.84 Å². The van der Waals surface area contributed by atoms with E-state index < -0.39 is 0 Å². The Kier molecular flexibility index (Phi) is 7.82. The average molecular weight is 258 g/mol. The third kappa shape index (κ3) is 5.22. The molecule has 1 saturated heterocycles. The summed E-state index contributed by atoms with van der Waals surface area (Å²) in [5, 5.41) is 9.99. The second-order valence-corrected chi connectivity index (χ2v) is 5.50. The van der Waals surface area contributed by atoms with Crippen molar-refractivity contribution >= 4 is 0 Å². The predicted octanol–water partition coefficient (Wildman–Crippen LogP) is 1.22. The van der Waals surface area contributed by atoms with Crippen LogP contribution in [-0.2, 0) is 4.74 Å². The first-order valence-electron chi connectivity index (χ1n) is 7.39. The topological polar surface area (TPSA) is 58.7 Å². The molecule has 1 aliphatic rings. The van der Waals surface area contributed by atoms with Crippen LogP contribution in [0.25, 0.3) is 0 Å². The van der Waals surface area contributed by atoms with Gasteiger partial charge in [0.05, 0.1) is 12.7 Å². The van der Waals surface area contributed by atoms with Crippen LogP contribution in [0.5, 0.6) is 0 Å². The number of ether oxygens (including phenoxy) is 1. The zero-order chi connectivity index (χ0) is 13.4. The molecule has 1 fully saturated rings. The minimum atomic E-state index is -0.388. The number of piperidine rings is 1. The Morgan fingerprint density at radius 1 is 1.50 bits per heavy atom. The number of aliphatic hydroxyl groups excluding tert-OH is 1. The van der Waals surface area contributed by atoms with Gasteiger partial charge < -0.3 is 15.6 Å². The number of hydrogen-bond donors (Lipinski definition) is 2. The van der Waals surface area contributed by atoms with Crippen LogP contribution in [0.4, 0.5) is 0 Å². The number of unbranched alkanes of at least 4 members (excludes halogenated alkanes) is 1. The molecule has 0 saturated carbocycles. The van der Waals surface area contributed by atoms with Crippen LogP contribution in [0.2, 0.25) is 0 Å². The van der Waals surface area contributed by atoms with E-state index in [1.54, 1.807) is 0 Å². The molecule has 0 aromatic carbocycles. The third-order valence-electron chi connectivity index (χ3n) is 3.87. The van der Waals surface area contributed by atoms with E-state index in [4.69, 9.17) is 10.5 Å². The molecule has 18 heavy (non-hydrogen) atoms. The molecular formula is C14H30N2O2. The molecule has 0 aliphatic carbocycles. The molecule has 1 rings (SSSR count). The second kappa shape index (κ2) is 8.86. The highest BCUT2D eigenvalue weighted by Crippen LogP contribution is 2.22. The maximum atomic E-state index is 9.99. The van der Waals surface area contributed by atoms with Crippen molar-refractivity contribution in [3.63, 3.8) is 0 Å². The number of rotatable bonds is 8. The Labute approximate surface area is 111 Å². The first kappa shape index (κ1) is 15.9. The van der Waals surface area contributed by atoms with Crippen molar-refractivity contribution in [2.45, 2.75) is 51.7 Å². The van der Waals surface area contributed by atoms with Gasteiger partial charge in [-0.3, -0.25) is 4.90 Å². The van der Waals surface area contributed by atoms with Crippen molar-refractivity contribution in [1.29, 1.82) is 0 Å². The van der Waals surface area contributed by atoms with Gasteiger partial charge in [-0.25, -0.2) is 0 Å². The van der Waals surface area contributed by atoms with Gasteiger partial charge in [0.1, 0.15) is 0 Å². The van der Waals surface area contributed by atoms with E-state index in [0.29, 0.717) is 31.7 Å². The van der Waals surface area contributed by atoms with E-state index in [9.17, 15) is 5.11 Å². The summed E-state index contributed by atoms with van der Waals surface area (Å²) in [5.74, 6) is 0.636. The van der Waals surface area contributed by atoms with E-state index in [0.717, 1.165) is 26.0 Å². The Morgan fingerprint density at radius 3 is 2.94 bits per heavy atom. The molecule has 0 spiro atoms. The Balaban J connectivity index is 2.26. The van der Waals surface area contributed by atoms with E-state index in [1.807, 2.05) is 0 Å². The minimum Gasteiger partial charge on any atom is -0.389 e. The van der Waals surface area contributed by atoms with Crippen molar-refractivity contribution in [2.24, 2.45) is 11.7 Å². The van der Waals surface area contributed by atoms with E-state index in [1.165, 1.54) is 12.8 Å². The first-order chi connectivity index (χ1) is 8.69. The number of nitrogens with two attached hydrogens (primary N) is 1. The van der Waals surface area contributed by atoms with Gasteiger partial charge in [0.25, 0.3) is 0 Å². The number of hydrogen-bond acceptors (Lipinski definition) is 4. The lowest BCUT2D eigenvalue weighted by atomic mass is 9.90. The van der Waals surface area contributed by atoms with Crippen molar-refractivity contribution in [1.82, 2.24) is 4.90 Å². The largest absolute Gasteiger partial charge is 0.389 e. The zero-order valence-corrected chi connectivity index (χ0v) is 12.0. The van der Waals surface area contributed by atoms with Crippen molar-refractivity contribution in [2.75, 3.05) is 32.8 Å². The Morgan fingerprint density at radius 2 is 2.28 bits per heavy atom. The standard InChI is InChI=1S/C14H30N2O2/c1-3-4-8-18-11-13(17)10-16-7-5-6-12(2)14(16)9-15/h12-14,17H,3-11,15H2,1-2H3. The number of nitrogens with zero attached hydrogens (tertiary/aromatic N) is 1. The smallest absolute Gasteiger partial charge is 0.0900 e. The molecular weight excluding hydrogens is 228 g/mol. The molecule has 1 aliphatic heterocycles. The van der Waals surface area contributed by atoms with Gasteiger partial charge in [0.2, 0.25) is 0 Å². The maximum Gasteiger partial charge on any atom is 0.0900 e. The van der Waals surface area contributed by atoms with Gasteiger partial charge in [-0.15, -0.1) is 0 Å². The van der Waals surface area contributed by atoms with Gasteiger partial charge in [-0.1, -0.05) is 20.3 Å². The molecule has 3 unspecified atom stereocenters. The SMILES string of the molecule is CCCCOCC(O)CN1CCCC(C)C1CN. The molecule has 4 nitrogen and oxygen atoms in total. The summed E-state index contributed by atoms with van der Waals surface area (Å²) in [7, 11) is 0. The molecule has 4 heteroatoms. The van der Waals surface area contributed by atoms with Crippen molar-refractivity contribution in [3.8, 4) is 0 Å². The molecule has 108 valence electrons. The number of aliphatic hydroxyl groups is 1. The van der Waals surface area contributed by atoms with Gasteiger partial charge in [0.15, 0.2) is 0 Å². The maximum absolute atomic E-state index is 9.99. The van der Waals surface area contributed by atoms with Crippen LogP contribution < -0.4 is 5.73 Å². The minimum absolute atomic E-state index is 0.388. The molecule has 1 heterocycles. The van der Waals surface area contributed by atoms with Crippen molar-refractivity contribution in [3.05, 3.63) is 0 Å². The van der Waals surface area contributed by atoms with Gasteiger partial charge in [-0.05, 0) is 31.7 Å². The Hall–Kier alpha value is -0.160. The first-order valence-corrected chi connectivity index (χ1v) is 7.39. The molecule has 0 radical (unpaired) electrons. The summed E-state index contributed by atoms with van der Waals surface area (Å²) < 4.78 is 5.47. The van der Waals surface area contributed by atoms with Crippen LogP contribution in [0.3, 0.4) is 0 Å². The second-order valence-electron chi connectivity index (χ2n) is 5.50. The van der Waals surface area contributed by atoms with E-state index in [-0.39, 0.29) is 6.10 Å². The summed E-state index contributed by atoms with van der Waals surface area (Å²) in [5.41, 5.74) is 5.84. The Bertz CT molecular complexity index is 214. The molecule has 0 aromatic heterocycles. The number of likely N-dealkylation sites (tertiary alicyclic amines) is 1. The summed E-state index contributed by atoms with van der Waals surface area (Å²) in [4.78, 5) is 2.34. The zero-order valence-electron chi connectivity index (χ0n) is 12.0. The van der Waals surface area contributed by atoms with Crippen LogP contribution >= 0.6 is 0 Å². The molecule has 0 bridgehead atoms. The lowest BCUT2D eigenvalue weighted by molar-refractivity contribution is -0.00537. The summed E-state index contributed by atoms with van der Waals surface area (Å²) in [6, 6.07) is 0.420. The van der Waals surface area contributed by atoms with E-state index in [2.05, 4.69) is 18.7 Å². The summed E-state index contributed by atoms with van der Waals surface area (Å²) in [6.45, 7) is 8.03. The molecule has 0 amide bonds. The normalized spacial score (nSPS) is 27.3. The molecule has 3 atom stereocenters. The molecule has 0 aromatic rings. The predicted molar refractivity (Wildman–Crippen MR) is 74.5 cm³/mol. The van der Waals surface area contributed by atoms with Gasteiger partial charge in [-0.2, -0.15) is 0 Å². The van der Waals surface area contributed by atoms with Crippen LogP contribution in [-0.4, -0.2) is 55.0 Å². The lowest BCUT2D eigenvalue weighted by Gasteiger charge is -2.40.